The van der Waals surface area contributed by atoms with Crippen molar-refractivity contribution >= 4 is 18.3 Å². The second kappa shape index (κ2) is 5.87. The van der Waals surface area contributed by atoms with E-state index in [0.29, 0.717) is 16.9 Å². The Morgan fingerprint density at radius 2 is 2.10 bits per heavy atom. The van der Waals surface area contributed by atoms with E-state index >= 15 is 0 Å². The molecule has 1 heterocycles. The van der Waals surface area contributed by atoms with Crippen molar-refractivity contribution in [2.24, 2.45) is 5.73 Å². The fraction of sp³-hybridized carbons (Fsp3) is 0.267. The number of amides is 1. The molecule has 1 saturated carbocycles. The average Bonchev–Trinajstić information content (AvgIpc) is 3.05. The van der Waals surface area contributed by atoms with Gasteiger partial charge in [-0.1, -0.05) is 18.2 Å². The van der Waals surface area contributed by atoms with E-state index in [4.69, 9.17) is 10.2 Å². The van der Waals surface area contributed by atoms with Crippen molar-refractivity contribution in [1.29, 1.82) is 0 Å². The zero-order valence-corrected chi connectivity index (χ0v) is 12.1. The van der Waals surface area contributed by atoms with Crippen LogP contribution < -0.4 is 11.1 Å². The largest absolute Gasteiger partial charge is 0.467 e. The van der Waals surface area contributed by atoms with Gasteiger partial charge in [0.25, 0.3) is 5.91 Å². The average molecular weight is 311 g/mol. The smallest absolute Gasteiger partial charge is 0.255 e. The molecule has 3 rings (SSSR count). The Hall–Kier alpha value is -1.85. The molecule has 2 aromatic rings. The predicted molar refractivity (Wildman–Crippen MR) is 78.6 cm³/mol. The molecular formula is C15H16ClFN2O2. The van der Waals surface area contributed by atoms with Crippen molar-refractivity contribution in [2.45, 2.75) is 24.9 Å². The van der Waals surface area contributed by atoms with Gasteiger partial charge in [-0.3, -0.25) is 4.79 Å². The van der Waals surface area contributed by atoms with E-state index in [2.05, 4.69) is 5.32 Å². The van der Waals surface area contributed by atoms with Gasteiger partial charge in [0.1, 0.15) is 17.8 Å². The maximum absolute atomic E-state index is 13.9. The Kier molecular flexibility index (Phi) is 4.34. The minimum absolute atomic E-state index is 0. The van der Waals surface area contributed by atoms with Crippen LogP contribution in [0.2, 0.25) is 0 Å². The van der Waals surface area contributed by atoms with Crippen molar-refractivity contribution in [3.8, 4) is 0 Å². The van der Waals surface area contributed by atoms with Crippen LogP contribution in [0.15, 0.2) is 41.0 Å². The second-order valence-corrected chi connectivity index (χ2v) is 5.02. The van der Waals surface area contributed by atoms with Gasteiger partial charge in [0.2, 0.25) is 0 Å². The molecule has 0 aliphatic heterocycles. The van der Waals surface area contributed by atoms with Crippen molar-refractivity contribution in [1.82, 2.24) is 5.32 Å². The molecule has 21 heavy (non-hydrogen) atoms. The van der Waals surface area contributed by atoms with Crippen LogP contribution in [0.3, 0.4) is 0 Å². The van der Waals surface area contributed by atoms with E-state index in [-0.39, 0.29) is 30.7 Å². The molecule has 0 spiro atoms. The Morgan fingerprint density at radius 3 is 2.67 bits per heavy atom. The first-order chi connectivity index (χ1) is 9.64. The maximum atomic E-state index is 13.9. The van der Waals surface area contributed by atoms with Gasteiger partial charge in [-0.15, -0.1) is 12.4 Å². The summed E-state index contributed by atoms with van der Waals surface area (Å²) in [7, 11) is 0. The van der Waals surface area contributed by atoms with Crippen molar-refractivity contribution < 1.29 is 13.6 Å². The monoisotopic (exact) mass is 310 g/mol. The summed E-state index contributed by atoms with van der Waals surface area (Å²) < 4.78 is 19.0. The predicted octanol–water partition coefficient (Wildman–Crippen LogP) is 2.72. The molecule has 1 aliphatic rings. The number of benzene rings is 1. The van der Waals surface area contributed by atoms with Gasteiger partial charge in [0.05, 0.1) is 17.6 Å². The molecule has 1 fully saturated rings. The third-order valence-electron chi connectivity index (χ3n) is 3.61. The number of carbonyl (C=O) groups excluding carboxylic acids is 1. The third kappa shape index (κ3) is 2.94. The number of hydrogen-bond acceptors (Lipinski definition) is 3. The maximum Gasteiger partial charge on any atom is 0.255 e. The van der Waals surface area contributed by atoms with E-state index in [1.165, 1.54) is 12.3 Å². The Labute approximate surface area is 127 Å². The number of furan rings is 1. The van der Waals surface area contributed by atoms with Crippen LogP contribution in [-0.4, -0.2) is 5.91 Å². The van der Waals surface area contributed by atoms with E-state index in [1.54, 1.807) is 24.3 Å². The SMILES string of the molecule is Cl.NCc1cc(C(=O)NC2(c3ccccc3F)CC2)co1. The molecule has 112 valence electrons. The van der Waals surface area contributed by atoms with Crippen LogP contribution in [0.5, 0.6) is 0 Å². The normalized spacial score (nSPS) is 15.1. The van der Waals surface area contributed by atoms with Crippen LogP contribution in [0.4, 0.5) is 4.39 Å². The van der Waals surface area contributed by atoms with Gasteiger partial charge < -0.3 is 15.5 Å². The van der Waals surface area contributed by atoms with Gasteiger partial charge in [0.15, 0.2) is 0 Å². The zero-order valence-electron chi connectivity index (χ0n) is 11.3. The minimum atomic E-state index is -0.581. The van der Waals surface area contributed by atoms with Crippen LogP contribution >= 0.6 is 12.4 Å². The topological polar surface area (TPSA) is 68.3 Å². The first-order valence-corrected chi connectivity index (χ1v) is 6.50. The lowest BCUT2D eigenvalue weighted by Gasteiger charge is -2.18. The lowest BCUT2D eigenvalue weighted by atomic mass is 10.0. The first kappa shape index (κ1) is 15.5. The molecule has 0 radical (unpaired) electrons. The highest BCUT2D eigenvalue weighted by Gasteiger charge is 2.47. The molecule has 0 saturated heterocycles. The van der Waals surface area contributed by atoms with Gasteiger partial charge >= 0.3 is 0 Å². The lowest BCUT2D eigenvalue weighted by molar-refractivity contribution is 0.0929. The fourth-order valence-electron chi connectivity index (χ4n) is 2.33. The highest BCUT2D eigenvalue weighted by atomic mass is 35.5. The Morgan fingerprint density at radius 1 is 1.38 bits per heavy atom. The second-order valence-electron chi connectivity index (χ2n) is 5.02. The Balaban J connectivity index is 0.00000161. The summed E-state index contributed by atoms with van der Waals surface area (Å²) in [6, 6.07) is 8.14. The number of nitrogens with one attached hydrogen (secondary N) is 1. The van der Waals surface area contributed by atoms with Crippen LogP contribution in [0.1, 0.15) is 34.5 Å². The summed E-state index contributed by atoms with van der Waals surface area (Å²) in [6.07, 6.45) is 2.84. The highest BCUT2D eigenvalue weighted by Crippen LogP contribution is 2.46. The molecule has 1 aromatic carbocycles. The number of rotatable bonds is 4. The summed E-state index contributed by atoms with van der Waals surface area (Å²) in [5.41, 5.74) is 5.81. The van der Waals surface area contributed by atoms with Gasteiger partial charge in [0, 0.05) is 5.56 Å². The number of halogens is 2. The molecular weight excluding hydrogens is 295 g/mol. The zero-order chi connectivity index (χ0) is 14.2. The molecule has 0 unspecified atom stereocenters. The van der Waals surface area contributed by atoms with Crippen molar-refractivity contribution in [2.75, 3.05) is 0 Å². The lowest BCUT2D eigenvalue weighted by Crippen LogP contribution is -2.35. The summed E-state index contributed by atoms with van der Waals surface area (Å²) in [4.78, 5) is 12.2. The summed E-state index contributed by atoms with van der Waals surface area (Å²) in [6.45, 7) is 0.242. The molecule has 6 heteroatoms. The van der Waals surface area contributed by atoms with Crippen LogP contribution in [0.25, 0.3) is 0 Å². The molecule has 3 N–H and O–H groups in total. The van der Waals surface area contributed by atoms with Crippen LogP contribution in [-0.2, 0) is 12.1 Å². The first-order valence-electron chi connectivity index (χ1n) is 6.50. The number of carbonyl (C=O) groups is 1. The fourth-order valence-corrected chi connectivity index (χ4v) is 2.33. The van der Waals surface area contributed by atoms with E-state index < -0.39 is 5.54 Å². The van der Waals surface area contributed by atoms with Crippen LogP contribution in [0, 0.1) is 5.82 Å². The van der Waals surface area contributed by atoms with Gasteiger partial charge in [-0.25, -0.2) is 4.39 Å². The van der Waals surface area contributed by atoms with Crippen molar-refractivity contribution in [3.63, 3.8) is 0 Å². The van der Waals surface area contributed by atoms with E-state index in [1.807, 2.05) is 0 Å². The molecule has 1 aliphatic carbocycles. The van der Waals surface area contributed by atoms with Gasteiger partial charge in [-0.05, 0) is 25.0 Å². The summed E-state index contributed by atoms with van der Waals surface area (Å²) in [5, 5.41) is 2.90. The van der Waals surface area contributed by atoms with E-state index in [0.717, 1.165) is 12.8 Å². The highest BCUT2D eigenvalue weighted by molar-refractivity contribution is 5.94. The molecule has 1 amide bonds. The Bertz CT molecular complexity index is 653. The molecule has 1 aromatic heterocycles. The standard InChI is InChI=1S/C15H15FN2O2.ClH/c16-13-4-2-1-3-12(13)15(5-6-15)18-14(19)10-7-11(8-17)20-9-10;/h1-4,7,9H,5-6,8,17H2,(H,18,19);1H. The number of nitrogens with two attached hydrogens (primary N) is 1. The molecule has 0 atom stereocenters. The third-order valence-corrected chi connectivity index (χ3v) is 3.61. The number of hydrogen-bond donors (Lipinski definition) is 2. The minimum Gasteiger partial charge on any atom is -0.467 e. The summed E-state index contributed by atoms with van der Waals surface area (Å²) >= 11 is 0. The molecule has 4 nitrogen and oxygen atoms in total. The van der Waals surface area contributed by atoms with Gasteiger partial charge in [-0.2, -0.15) is 0 Å². The quantitative estimate of drug-likeness (QED) is 0.912. The summed E-state index contributed by atoms with van der Waals surface area (Å²) in [5.74, 6) is -0.0137. The molecule has 0 bridgehead atoms. The van der Waals surface area contributed by atoms with E-state index in [9.17, 15) is 9.18 Å². The van der Waals surface area contributed by atoms with Crippen molar-refractivity contribution in [3.05, 3.63) is 59.3 Å².